The second-order valence-electron chi connectivity index (χ2n) is 8.29. The summed E-state index contributed by atoms with van der Waals surface area (Å²) in [7, 11) is 0. The van der Waals surface area contributed by atoms with E-state index in [9.17, 15) is 4.79 Å². The summed E-state index contributed by atoms with van der Waals surface area (Å²) in [5.41, 5.74) is 5.97. The highest BCUT2D eigenvalue weighted by Crippen LogP contribution is 2.30. The highest BCUT2D eigenvalue weighted by molar-refractivity contribution is 7.80. The van der Waals surface area contributed by atoms with Crippen LogP contribution in [0.25, 0.3) is 0 Å². The standard InChI is InChI=1S/C23H28N2OS/c1-23(2,3)19-10-7-16(8-11-19)14-24-22(27)25-21-6-4-5-18-13-17(15-26)9-12-20(18)21/h7-13,15,21H,4-6,14H2,1-3H3,(H2,24,25,27). The van der Waals surface area contributed by atoms with Crippen LogP contribution >= 0.6 is 12.2 Å². The molecule has 1 aliphatic rings. The molecule has 4 heteroatoms. The summed E-state index contributed by atoms with van der Waals surface area (Å²) in [4.78, 5) is 11.0. The van der Waals surface area contributed by atoms with E-state index in [0.29, 0.717) is 11.7 Å². The van der Waals surface area contributed by atoms with Crippen LogP contribution in [0.15, 0.2) is 42.5 Å². The number of aryl methyl sites for hydroxylation is 1. The van der Waals surface area contributed by atoms with E-state index in [0.717, 1.165) is 31.1 Å². The first-order valence-corrected chi connectivity index (χ1v) is 9.99. The summed E-state index contributed by atoms with van der Waals surface area (Å²) in [6.45, 7) is 7.37. The van der Waals surface area contributed by atoms with Gasteiger partial charge in [-0.25, -0.2) is 0 Å². The van der Waals surface area contributed by atoms with Crippen molar-refractivity contribution >= 4 is 23.6 Å². The smallest absolute Gasteiger partial charge is 0.167 e. The van der Waals surface area contributed by atoms with Crippen LogP contribution in [0.2, 0.25) is 0 Å². The molecule has 2 aromatic carbocycles. The molecule has 27 heavy (non-hydrogen) atoms. The fourth-order valence-corrected chi connectivity index (χ4v) is 3.79. The Morgan fingerprint density at radius 3 is 2.59 bits per heavy atom. The van der Waals surface area contributed by atoms with Crippen LogP contribution in [0.4, 0.5) is 0 Å². The molecule has 142 valence electrons. The maximum Gasteiger partial charge on any atom is 0.167 e. The fraction of sp³-hybridized carbons (Fsp3) is 0.391. The van der Waals surface area contributed by atoms with Gasteiger partial charge in [-0.2, -0.15) is 0 Å². The van der Waals surface area contributed by atoms with Gasteiger partial charge in [-0.05, 0) is 65.2 Å². The average Bonchev–Trinajstić information content (AvgIpc) is 2.66. The quantitative estimate of drug-likeness (QED) is 0.588. The van der Waals surface area contributed by atoms with Gasteiger partial charge in [-0.1, -0.05) is 57.2 Å². The molecule has 3 rings (SSSR count). The number of carbonyl (C=O) groups is 1. The van der Waals surface area contributed by atoms with Crippen molar-refractivity contribution in [1.29, 1.82) is 0 Å². The summed E-state index contributed by atoms with van der Waals surface area (Å²) in [6.07, 6.45) is 4.09. The van der Waals surface area contributed by atoms with Crippen LogP contribution < -0.4 is 10.6 Å². The largest absolute Gasteiger partial charge is 0.359 e. The number of carbonyl (C=O) groups excluding carboxylic acids is 1. The van der Waals surface area contributed by atoms with E-state index >= 15 is 0 Å². The number of benzene rings is 2. The molecule has 0 amide bonds. The SMILES string of the molecule is CC(C)(C)c1ccc(CNC(=S)NC2CCCc3cc(C=O)ccc32)cc1. The van der Waals surface area contributed by atoms with Crippen LogP contribution in [-0.4, -0.2) is 11.4 Å². The van der Waals surface area contributed by atoms with Gasteiger partial charge in [-0.3, -0.25) is 4.79 Å². The second kappa shape index (κ2) is 8.22. The minimum Gasteiger partial charge on any atom is -0.359 e. The third-order valence-electron chi connectivity index (χ3n) is 5.20. The number of thiocarbonyl (C=S) groups is 1. The lowest BCUT2D eigenvalue weighted by Crippen LogP contribution is -2.38. The van der Waals surface area contributed by atoms with Crippen LogP contribution in [0.3, 0.4) is 0 Å². The topological polar surface area (TPSA) is 41.1 Å². The Hall–Kier alpha value is -2.20. The first-order chi connectivity index (χ1) is 12.9. The molecule has 1 unspecified atom stereocenters. The van der Waals surface area contributed by atoms with Crippen LogP contribution in [0, 0.1) is 0 Å². The molecule has 0 fully saturated rings. The van der Waals surface area contributed by atoms with E-state index in [-0.39, 0.29) is 11.5 Å². The lowest BCUT2D eigenvalue weighted by molar-refractivity contribution is 0.112. The molecule has 3 nitrogen and oxygen atoms in total. The minimum atomic E-state index is 0.168. The monoisotopic (exact) mass is 380 g/mol. The summed E-state index contributed by atoms with van der Waals surface area (Å²) >= 11 is 5.52. The molecule has 2 N–H and O–H groups in total. The summed E-state index contributed by atoms with van der Waals surface area (Å²) in [6, 6.07) is 14.9. The van der Waals surface area contributed by atoms with Crippen molar-refractivity contribution in [3.8, 4) is 0 Å². The molecule has 0 aliphatic heterocycles. The zero-order valence-corrected chi connectivity index (χ0v) is 17.2. The van der Waals surface area contributed by atoms with Crippen molar-refractivity contribution < 1.29 is 4.79 Å². The molecule has 0 bridgehead atoms. The number of hydrogen-bond donors (Lipinski definition) is 2. The van der Waals surface area contributed by atoms with E-state index in [1.807, 2.05) is 12.1 Å². The van der Waals surface area contributed by atoms with E-state index in [1.165, 1.54) is 22.3 Å². The minimum absolute atomic E-state index is 0.168. The number of aldehydes is 1. The number of fused-ring (bicyclic) bond motifs is 1. The van der Waals surface area contributed by atoms with Gasteiger partial charge < -0.3 is 10.6 Å². The first kappa shape index (κ1) is 19.6. The molecule has 0 saturated heterocycles. The fourth-order valence-electron chi connectivity index (χ4n) is 3.57. The zero-order valence-electron chi connectivity index (χ0n) is 16.3. The molecule has 0 radical (unpaired) electrons. The highest BCUT2D eigenvalue weighted by atomic mass is 32.1. The van der Waals surface area contributed by atoms with E-state index in [2.05, 4.69) is 61.7 Å². The van der Waals surface area contributed by atoms with Gasteiger partial charge in [0.1, 0.15) is 6.29 Å². The zero-order chi connectivity index (χ0) is 19.4. The van der Waals surface area contributed by atoms with Gasteiger partial charge >= 0.3 is 0 Å². The first-order valence-electron chi connectivity index (χ1n) is 9.58. The van der Waals surface area contributed by atoms with Gasteiger partial charge in [0, 0.05) is 12.1 Å². The number of nitrogens with one attached hydrogen (secondary N) is 2. The Morgan fingerprint density at radius 1 is 1.19 bits per heavy atom. The highest BCUT2D eigenvalue weighted by Gasteiger charge is 2.21. The Morgan fingerprint density at radius 2 is 1.93 bits per heavy atom. The summed E-state index contributed by atoms with van der Waals surface area (Å²) in [5, 5.41) is 7.45. The van der Waals surface area contributed by atoms with Crippen LogP contribution in [0.5, 0.6) is 0 Å². The molecule has 0 heterocycles. The number of rotatable bonds is 4. The van der Waals surface area contributed by atoms with Gasteiger partial charge in [0.25, 0.3) is 0 Å². The molecule has 0 spiro atoms. The molecular weight excluding hydrogens is 352 g/mol. The molecule has 1 atom stereocenters. The van der Waals surface area contributed by atoms with Gasteiger partial charge in [0.15, 0.2) is 5.11 Å². The second-order valence-corrected chi connectivity index (χ2v) is 8.70. The third-order valence-corrected chi connectivity index (χ3v) is 5.46. The maximum atomic E-state index is 11.0. The van der Waals surface area contributed by atoms with E-state index in [4.69, 9.17) is 12.2 Å². The molecule has 2 aromatic rings. The average molecular weight is 381 g/mol. The normalized spacial score (nSPS) is 16.3. The Labute approximate surface area is 167 Å². The van der Waals surface area contributed by atoms with Crippen molar-refractivity contribution in [2.75, 3.05) is 0 Å². The number of hydrogen-bond acceptors (Lipinski definition) is 2. The molecular formula is C23H28N2OS. The van der Waals surface area contributed by atoms with Crippen molar-refractivity contribution in [2.24, 2.45) is 0 Å². The predicted molar refractivity (Wildman–Crippen MR) is 115 cm³/mol. The summed E-state index contributed by atoms with van der Waals surface area (Å²) in [5.74, 6) is 0. The van der Waals surface area contributed by atoms with Crippen molar-refractivity contribution in [3.63, 3.8) is 0 Å². The Kier molecular flexibility index (Phi) is 5.95. The lowest BCUT2D eigenvalue weighted by atomic mass is 9.86. The van der Waals surface area contributed by atoms with Gasteiger partial charge in [0.2, 0.25) is 0 Å². The summed E-state index contributed by atoms with van der Waals surface area (Å²) < 4.78 is 0. The molecule has 1 aliphatic carbocycles. The lowest BCUT2D eigenvalue weighted by Gasteiger charge is -2.28. The maximum absolute atomic E-state index is 11.0. The van der Waals surface area contributed by atoms with E-state index < -0.39 is 0 Å². The third kappa shape index (κ3) is 4.95. The van der Waals surface area contributed by atoms with Crippen LogP contribution in [0.1, 0.15) is 72.3 Å². The predicted octanol–water partition coefficient (Wildman–Crippen LogP) is 4.84. The molecule has 0 aromatic heterocycles. The van der Waals surface area contributed by atoms with Crippen LogP contribution in [-0.2, 0) is 18.4 Å². The molecule has 0 saturated carbocycles. The van der Waals surface area contributed by atoms with Gasteiger partial charge in [0.05, 0.1) is 6.04 Å². The van der Waals surface area contributed by atoms with Crippen molar-refractivity contribution in [3.05, 3.63) is 70.3 Å². The van der Waals surface area contributed by atoms with Crippen molar-refractivity contribution in [1.82, 2.24) is 10.6 Å². The Bertz CT molecular complexity index is 821. The van der Waals surface area contributed by atoms with Gasteiger partial charge in [-0.15, -0.1) is 0 Å². The van der Waals surface area contributed by atoms with E-state index in [1.54, 1.807) is 0 Å². The van der Waals surface area contributed by atoms with Crippen molar-refractivity contribution in [2.45, 2.75) is 58.0 Å². The Balaban J connectivity index is 1.58.